The van der Waals surface area contributed by atoms with Crippen molar-refractivity contribution in [2.75, 3.05) is 5.32 Å². The van der Waals surface area contributed by atoms with Crippen molar-refractivity contribution in [3.63, 3.8) is 0 Å². The number of aromatic amines is 1. The summed E-state index contributed by atoms with van der Waals surface area (Å²) < 4.78 is 41.8. The molecule has 0 aliphatic carbocycles. The topological polar surface area (TPSA) is 67.0 Å². The number of anilines is 1. The van der Waals surface area contributed by atoms with Gasteiger partial charge >= 0.3 is 6.36 Å². The predicted molar refractivity (Wildman–Crippen MR) is 132 cm³/mol. The number of ether oxygens (including phenoxy) is 1. The van der Waals surface area contributed by atoms with Crippen LogP contribution in [0, 0.1) is 0 Å². The molecule has 0 spiro atoms. The van der Waals surface area contributed by atoms with Gasteiger partial charge in [0, 0.05) is 5.39 Å². The number of carbonyl (C=O) groups is 1. The summed E-state index contributed by atoms with van der Waals surface area (Å²) in [6.07, 6.45) is -4.77. The molecule has 180 valence electrons. The number of nitrogens with one attached hydrogen (secondary N) is 2. The van der Waals surface area contributed by atoms with E-state index >= 15 is 0 Å². The molecular weight excluding hydrogens is 467 g/mol. The van der Waals surface area contributed by atoms with E-state index in [1.54, 1.807) is 24.3 Å². The smallest absolute Gasteiger partial charge is 0.406 e. The third kappa shape index (κ3) is 5.07. The molecule has 1 heterocycles. The van der Waals surface area contributed by atoms with Crippen LogP contribution in [0.1, 0.15) is 17.0 Å². The highest BCUT2D eigenvalue weighted by molar-refractivity contribution is 6.04. The molecule has 36 heavy (non-hydrogen) atoms. The van der Waals surface area contributed by atoms with E-state index in [0.29, 0.717) is 27.8 Å². The summed E-state index contributed by atoms with van der Waals surface area (Å²) in [6.45, 7) is 0. The Labute approximate surface area is 204 Å². The molecule has 0 atom stereocenters. The normalized spacial score (nSPS) is 11.6. The van der Waals surface area contributed by atoms with Crippen molar-refractivity contribution in [1.82, 2.24) is 10.2 Å². The molecule has 1 amide bonds. The lowest BCUT2D eigenvalue weighted by molar-refractivity contribution is -0.274. The highest BCUT2D eigenvalue weighted by Gasteiger charge is 2.31. The first-order chi connectivity index (χ1) is 17.4. The van der Waals surface area contributed by atoms with Crippen LogP contribution in [0.25, 0.3) is 22.0 Å². The van der Waals surface area contributed by atoms with Crippen molar-refractivity contribution < 1.29 is 22.7 Å². The number of fused-ring (bicyclic) bond motifs is 1. The van der Waals surface area contributed by atoms with Gasteiger partial charge in [0.15, 0.2) is 5.82 Å². The van der Waals surface area contributed by atoms with Crippen LogP contribution in [0.4, 0.5) is 19.0 Å². The molecule has 0 bridgehead atoms. The van der Waals surface area contributed by atoms with E-state index in [4.69, 9.17) is 0 Å². The Balaban J connectivity index is 1.43. The van der Waals surface area contributed by atoms with Crippen LogP contribution >= 0.6 is 0 Å². The number of benzene rings is 4. The van der Waals surface area contributed by atoms with E-state index in [2.05, 4.69) is 20.3 Å². The molecule has 8 heteroatoms. The van der Waals surface area contributed by atoms with Crippen LogP contribution in [0.15, 0.2) is 103 Å². The molecule has 5 aromatic rings. The number of carbonyl (C=O) groups excluding carboxylic acids is 1. The summed E-state index contributed by atoms with van der Waals surface area (Å²) in [4.78, 5) is 13.4. The van der Waals surface area contributed by atoms with Gasteiger partial charge in [-0.2, -0.15) is 5.10 Å². The van der Waals surface area contributed by atoms with Gasteiger partial charge in [0.1, 0.15) is 5.75 Å². The minimum Gasteiger partial charge on any atom is -0.406 e. The fourth-order valence-corrected chi connectivity index (χ4v) is 4.14. The first kappa shape index (κ1) is 23.2. The number of aromatic nitrogens is 2. The van der Waals surface area contributed by atoms with Crippen LogP contribution in [0.2, 0.25) is 0 Å². The maximum Gasteiger partial charge on any atom is 0.573 e. The van der Waals surface area contributed by atoms with Crippen LogP contribution in [0.5, 0.6) is 5.75 Å². The number of rotatable bonds is 6. The van der Waals surface area contributed by atoms with Gasteiger partial charge in [-0.1, -0.05) is 78.9 Å². The summed E-state index contributed by atoms with van der Waals surface area (Å²) in [5, 5.41) is 10.8. The van der Waals surface area contributed by atoms with E-state index in [0.717, 1.165) is 11.1 Å². The molecule has 0 unspecified atom stereocenters. The van der Waals surface area contributed by atoms with Crippen molar-refractivity contribution in [2.24, 2.45) is 0 Å². The fourth-order valence-electron chi connectivity index (χ4n) is 4.14. The quantitative estimate of drug-likeness (QED) is 0.274. The number of nitrogens with zero attached hydrogens (tertiary/aromatic N) is 1. The average molecular weight is 487 g/mol. The minimum absolute atomic E-state index is 0.234. The van der Waals surface area contributed by atoms with Gasteiger partial charge in [-0.3, -0.25) is 9.89 Å². The molecule has 0 radical (unpaired) electrons. The zero-order valence-corrected chi connectivity index (χ0v) is 18.8. The molecule has 1 aromatic heterocycles. The molecule has 0 saturated heterocycles. The van der Waals surface area contributed by atoms with E-state index in [9.17, 15) is 18.0 Å². The number of halogens is 3. The van der Waals surface area contributed by atoms with Crippen molar-refractivity contribution in [3.8, 4) is 16.9 Å². The van der Waals surface area contributed by atoms with Gasteiger partial charge in [-0.15, -0.1) is 13.2 Å². The molecule has 5 rings (SSSR count). The van der Waals surface area contributed by atoms with Crippen molar-refractivity contribution >= 4 is 22.6 Å². The van der Waals surface area contributed by atoms with Crippen molar-refractivity contribution in [3.05, 3.63) is 114 Å². The second-order valence-corrected chi connectivity index (χ2v) is 8.15. The summed E-state index contributed by atoms with van der Waals surface area (Å²) in [5.41, 5.74) is 3.55. The number of hydrogen-bond donors (Lipinski definition) is 2. The van der Waals surface area contributed by atoms with Crippen molar-refractivity contribution in [2.45, 2.75) is 12.3 Å². The van der Waals surface area contributed by atoms with Crippen molar-refractivity contribution in [1.29, 1.82) is 0 Å². The lowest BCUT2D eigenvalue weighted by Crippen LogP contribution is -2.22. The molecule has 5 nitrogen and oxygen atoms in total. The Kier molecular flexibility index (Phi) is 6.16. The maximum absolute atomic E-state index is 13.4. The maximum atomic E-state index is 13.4. The summed E-state index contributed by atoms with van der Waals surface area (Å²) in [7, 11) is 0. The van der Waals surface area contributed by atoms with E-state index in [-0.39, 0.29) is 11.7 Å². The monoisotopic (exact) mass is 487 g/mol. The number of H-pyrrole nitrogens is 1. The largest absolute Gasteiger partial charge is 0.573 e. The van der Waals surface area contributed by atoms with Gasteiger partial charge in [0.25, 0.3) is 0 Å². The second kappa shape index (κ2) is 9.58. The zero-order valence-electron chi connectivity index (χ0n) is 18.8. The summed E-state index contributed by atoms with van der Waals surface area (Å²) >= 11 is 0. The first-order valence-corrected chi connectivity index (χ1v) is 11.1. The molecule has 0 fully saturated rings. The Morgan fingerprint density at radius 1 is 0.806 bits per heavy atom. The van der Waals surface area contributed by atoms with Crippen LogP contribution < -0.4 is 10.1 Å². The molecule has 0 saturated carbocycles. The lowest BCUT2D eigenvalue weighted by Gasteiger charge is -2.17. The Morgan fingerprint density at radius 3 is 2.08 bits per heavy atom. The molecule has 2 N–H and O–H groups in total. The van der Waals surface area contributed by atoms with Gasteiger partial charge in [-0.25, -0.2) is 0 Å². The SMILES string of the molecule is O=C(Nc1n[nH]c2cc(-c3cccc(OC(F)(F)F)c3)ccc12)C(c1ccccc1)c1ccccc1. The van der Waals surface area contributed by atoms with Crippen LogP contribution in [-0.2, 0) is 4.79 Å². The third-order valence-corrected chi connectivity index (χ3v) is 5.73. The van der Waals surface area contributed by atoms with E-state index in [1.165, 1.54) is 18.2 Å². The number of hydrogen-bond acceptors (Lipinski definition) is 3. The van der Waals surface area contributed by atoms with Gasteiger partial charge in [-0.05, 0) is 46.5 Å². The summed E-state index contributed by atoms with van der Waals surface area (Å²) in [5.74, 6) is -0.699. The highest BCUT2D eigenvalue weighted by atomic mass is 19.4. The standard InChI is InChI=1S/C28H20F3N3O2/c29-28(30,31)36-22-13-7-12-20(16-22)21-14-15-23-24(17-21)33-34-26(23)32-27(35)25(18-8-3-1-4-9-18)19-10-5-2-6-11-19/h1-17,25H,(H2,32,33,34,35). The number of amides is 1. The Morgan fingerprint density at radius 2 is 1.44 bits per heavy atom. The van der Waals surface area contributed by atoms with Gasteiger partial charge in [0.05, 0.1) is 11.4 Å². The lowest BCUT2D eigenvalue weighted by atomic mass is 9.90. The fraction of sp³-hybridized carbons (Fsp3) is 0.0714. The second-order valence-electron chi connectivity index (χ2n) is 8.15. The molecule has 4 aromatic carbocycles. The molecular formula is C28H20F3N3O2. The first-order valence-electron chi connectivity index (χ1n) is 11.1. The highest BCUT2D eigenvalue weighted by Crippen LogP contribution is 2.32. The average Bonchev–Trinajstić information content (AvgIpc) is 3.26. The Bertz CT molecular complexity index is 1460. The van der Waals surface area contributed by atoms with E-state index in [1.807, 2.05) is 60.7 Å². The van der Waals surface area contributed by atoms with E-state index < -0.39 is 12.3 Å². The van der Waals surface area contributed by atoms with Gasteiger partial charge in [0.2, 0.25) is 5.91 Å². The Hall–Kier alpha value is -4.59. The summed E-state index contributed by atoms with van der Waals surface area (Å²) in [6, 6.07) is 30.0. The van der Waals surface area contributed by atoms with Crippen LogP contribution in [0.3, 0.4) is 0 Å². The minimum atomic E-state index is -4.77. The molecule has 0 aliphatic heterocycles. The van der Waals surface area contributed by atoms with Crippen LogP contribution in [-0.4, -0.2) is 22.5 Å². The zero-order chi connectivity index (χ0) is 25.1. The third-order valence-electron chi connectivity index (χ3n) is 5.73. The molecule has 0 aliphatic rings. The number of alkyl halides is 3. The predicted octanol–water partition coefficient (Wildman–Crippen LogP) is 6.90. The van der Waals surface area contributed by atoms with Gasteiger partial charge < -0.3 is 10.1 Å².